The fraction of sp³-hybridized carbons (Fsp3) is 0.769. The molecule has 170 valence electrons. The van der Waals surface area contributed by atoms with Crippen molar-refractivity contribution in [3.63, 3.8) is 0 Å². The Morgan fingerprint density at radius 3 is 2.10 bits per heavy atom. The van der Waals surface area contributed by atoms with Crippen LogP contribution in [-0.2, 0) is 0 Å². The summed E-state index contributed by atoms with van der Waals surface area (Å²) in [5, 5.41) is 0. The van der Waals surface area contributed by atoms with E-state index in [2.05, 4.69) is 6.92 Å². The van der Waals surface area contributed by atoms with Gasteiger partial charge >= 0.3 is 0 Å². The monoisotopic (exact) mass is 436 g/mol. The van der Waals surface area contributed by atoms with E-state index in [9.17, 15) is 8.78 Å². The van der Waals surface area contributed by atoms with Crippen molar-refractivity contribution in [2.75, 3.05) is 6.61 Å². The molecule has 1 aromatic carbocycles. The molecule has 0 amide bonds. The topological polar surface area (TPSA) is 9.23 Å². The predicted molar refractivity (Wildman–Crippen MR) is 125 cm³/mol. The lowest BCUT2D eigenvalue weighted by molar-refractivity contribution is 0.288. The van der Waals surface area contributed by atoms with Gasteiger partial charge in [0.2, 0.25) is 5.82 Å². The van der Waals surface area contributed by atoms with E-state index in [0.29, 0.717) is 12.2 Å². The minimum atomic E-state index is -0.817. The summed E-state index contributed by atoms with van der Waals surface area (Å²) in [6, 6.07) is 8.12. The number of unbranched alkanes of at least 4 members (excludes halogenated alkanes) is 1. The first kappa shape index (κ1) is 23.8. The molecular formula is C26H42F2OSi. The highest BCUT2D eigenvalue weighted by atomic mass is 28.3. The van der Waals surface area contributed by atoms with Crippen LogP contribution in [0.5, 0.6) is 5.75 Å². The quantitative estimate of drug-likeness (QED) is 0.265. The molecule has 1 aromatic rings. The molecule has 4 heteroatoms. The fourth-order valence-electron chi connectivity index (χ4n) is 5.97. The Morgan fingerprint density at radius 1 is 0.867 bits per heavy atom. The lowest BCUT2D eigenvalue weighted by Gasteiger charge is -2.30. The normalized spacial score (nSPS) is 27.2. The third-order valence-corrected chi connectivity index (χ3v) is 11.5. The van der Waals surface area contributed by atoms with Crippen molar-refractivity contribution in [1.82, 2.24) is 0 Å². The maximum absolute atomic E-state index is 14.5. The first-order chi connectivity index (χ1) is 14.6. The van der Waals surface area contributed by atoms with Crippen LogP contribution >= 0.6 is 0 Å². The van der Waals surface area contributed by atoms with Crippen LogP contribution in [-0.4, -0.2) is 15.4 Å². The second-order valence-corrected chi connectivity index (χ2v) is 13.4. The van der Waals surface area contributed by atoms with E-state index in [1.807, 2.05) is 0 Å². The fourth-order valence-corrected chi connectivity index (χ4v) is 9.54. The van der Waals surface area contributed by atoms with Crippen molar-refractivity contribution in [1.29, 1.82) is 0 Å². The van der Waals surface area contributed by atoms with E-state index in [-0.39, 0.29) is 20.5 Å². The molecule has 0 aromatic heterocycles. The molecular weight excluding hydrogens is 394 g/mol. The van der Waals surface area contributed by atoms with Crippen LogP contribution in [0.25, 0.3) is 0 Å². The van der Waals surface area contributed by atoms with Gasteiger partial charge in [-0.3, -0.25) is 0 Å². The lowest BCUT2D eigenvalue weighted by atomic mass is 9.76. The van der Waals surface area contributed by atoms with Crippen molar-refractivity contribution in [2.45, 2.75) is 109 Å². The zero-order valence-corrected chi connectivity index (χ0v) is 20.4. The van der Waals surface area contributed by atoms with Gasteiger partial charge in [-0.1, -0.05) is 76.1 Å². The molecule has 1 aliphatic carbocycles. The molecule has 0 unspecified atom stereocenters. The van der Waals surface area contributed by atoms with Gasteiger partial charge in [0.25, 0.3) is 0 Å². The zero-order chi connectivity index (χ0) is 21.3. The lowest BCUT2D eigenvalue weighted by Crippen LogP contribution is -2.21. The highest BCUT2D eigenvalue weighted by Crippen LogP contribution is 2.40. The van der Waals surface area contributed by atoms with E-state index < -0.39 is 11.6 Å². The molecule has 0 N–H and O–H groups in total. The standard InChI is InChI=1S/C26H42F2OSi/c1-3-17-30-18-15-21(16-19-30)8-6-5-7-20-9-11-22(12-10-20)23-13-14-24(29-4-2)26(28)25(23)27/h13-14,20-22,30H,3-12,15-19H2,1-2H3/t20-,21-,22-,30-. The van der Waals surface area contributed by atoms with Gasteiger partial charge < -0.3 is 4.74 Å². The summed E-state index contributed by atoms with van der Waals surface area (Å²) in [4.78, 5) is 0. The van der Waals surface area contributed by atoms with Gasteiger partial charge in [-0.25, -0.2) is 4.39 Å². The third kappa shape index (κ3) is 6.55. The van der Waals surface area contributed by atoms with Crippen LogP contribution in [0.1, 0.15) is 96.0 Å². The van der Waals surface area contributed by atoms with Gasteiger partial charge in [-0.05, 0) is 62.0 Å². The Bertz CT molecular complexity index is 634. The SMILES string of the molecule is CCC[Si@H]1CC[C@H](CCCC[C@H]2CC[C@H](c3ccc(OCC)c(F)c3F)CC2)CC1. The Hall–Kier alpha value is -0.903. The van der Waals surface area contributed by atoms with Crippen LogP contribution in [0.4, 0.5) is 8.78 Å². The van der Waals surface area contributed by atoms with Crippen LogP contribution in [0.3, 0.4) is 0 Å². The van der Waals surface area contributed by atoms with Gasteiger partial charge in [0.05, 0.1) is 6.61 Å². The van der Waals surface area contributed by atoms with Gasteiger partial charge in [0.15, 0.2) is 11.6 Å². The molecule has 0 atom stereocenters. The molecule has 1 saturated carbocycles. The molecule has 30 heavy (non-hydrogen) atoms. The Labute approximate surface area is 184 Å². The molecule has 0 bridgehead atoms. The molecule has 1 nitrogen and oxygen atoms in total. The van der Waals surface area contributed by atoms with E-state index >= 15 is 0 Å². The van der Waals surface area contributed by atoms with Crippen LogP contribution in [0, 0.1) is 23.5 Å². The van der Waals surface area contributed by atoms with Gasteiger partial charge in [-0.2, -0.15) is 4.39 Å². The summed E-state index contributed by atoms with van der Waals surface area (Å²) in [5.74, 6) is 0.481. The van der Waals surface area contributed by atoms with E-state index in [4.69, 9.17) is 4.74 Å². The Morgan fingerprint density at radius 2 is 1.50 bits per heavy atom. The number of halogens is 2. The van der Waals surface area contributed by atoms with E-state index in [1.165, 1.54) is 44.9 Å². The van der Waals surface area contributed by atoms with E-state index in [0.717, 1.165) is 37.5 Å². The minimum absolute atomic E-state index is 0.0358. The summed E-state index contributed by atoms with van der Waals surface area (Å²) in [7, 11) is -0.332. The predicted octanol–water partition coefficient (Wildman–Crippen LogP) is 8.24. The summed E-state index contributed by atoms with van der Waals surface area (Å²) < 4.78 is 33.9. The molecule has 0 radical (unpaired) electrons. The number of hydrogen-bond acceptors (Lipinski definition) is 1. The van der Waals surface area contributed by atoms with Crippen molar-refractivity contribution in [3.05, 3.63) is 29.3 Å². The largest absolute Gasteiger partial charge is 0.491 e. The second-order valence-electron chi connectivity index (χ2n) is 9.89. The van der Waals surface area contributed by atoms with Crippen molar-refractivity contribution >= 4 is 8.80 Å². The van der Waals surface area contributed by atoms with Crippen molar-refractivity contribution in [3.8, 4) is 5.75 Å². The number of hydrogen-bond donors (Lipinski definition) is 0. The average molecular weight is 437 g/mol. The summed E-state index contributed by atoms with van der Waals surface area (Å²) in [6.07, 6.45) is 14.3. The van der Waals surface area contributed by atoms with Gasteiger partial charge in [0.1, 0.15) is 0 Å². The molecule has 2 aliphatic rings. The molecule has 0 spiro atoms. The van der Waals surface area contributed by atoms with Crippen LogP contribution in [0.2, 0.25) is 18.1 Å². The maximum atomic E-state index is 14.5. The van der Waals surface area contributed by atoms with E-state index in [1.54, 1.807) is 37.2 Å². The summed E-state index contributed by atoms with van der Waals surface area (Å²) >= 11 is 0. The maximum Gasteiger partial charge on any atom is 0.200 e. The number of benzene rings is 1. The second kappa shape index (κ2) is 12.2. The first-order valence-electron chi connectivity index (χ1n) is 12.7. The van der Waals surface area contributed by atoms with Gasteiger partial charge in [0, 0.05) is 8.80 Å². The third-order valence-electron chi connectivity index (χ3n) is 7.80. The first-order valence-corrected chi connectivity index (χ1v) is 15.2. The summed E-state index contributed by atoms with van der Waals surface area (Å²) in [5.41, 5.74) is 0.552. The van der Waals surface area contributed by atoms with Crippen LogP contribution < -0.4 is 4.74 Å². The highest BCUT2D eigenvalue weighted by molar-refractivity contribution is 6.58. The van der Waals surface area contributed by atoms with Crippen LogP contribution in [0.15, 0.2) is 12.1 Å². The molecule has 2 fully saturated rings. The minimum Gasteiger partial charge on any atom is -0.491 e. The number of rotatable bonds is 10. The Kier molecular flexibility index (Phi) is 9.67. The van der Waals surface area contributed by atoms with Gasteiger partial charge in [-0.15, -0.1) is 0 Å². The highest BCUT2D eigenvalue weighted by Gasteiger charge is 2.27. The smallest absolute Gasteiger partial charge is 0.200 e. The molecule has 3 rings (SSSR count). The number of ether oxygens (including phenoxy) is 1. The molecule has 1 aliphatic heterocycles. The molecule has 1 heterocycles. The molecule has 1 saturated heterocycles. The average Bonchev–Trinajstić information content (AvgIpc) is 2.77. The summed E-state index contributed by atoms with van der Waals surface area (Å²) in [6.45, 7) is 4.48. The van der Waals surface area contributed by atoms with Crippen molar-refractivity contribution < 1.29 is 13.5 Å². The Balaban J connectivity index is 1.34. The van der Waals surface area contributed by atoms with Crippen molar-refractivity contribution in [2.24, 2.45) is 11.8 Å². The zero-order valence-electron chi connectivity index (χ0n) is 19.2.